The molecule has 2 aromatic carbocycles. The molecule has 6 heteroatoms. The molecule has 1 heterocycles. The van der Waals surface area contributed by atoms with Crippen LogP contribution < -0.4 is 15.0 Å². The molecule has 0 spiro atoms. The van der Waals surface area contributed by atoms with Crippen molar-refractivity contribution in [2.75, 3.05) is 7.11 Å². The molecule has 3 aromatic rings. The van der Waals surface area contributed by atoms with E-state index in [9.17, 15) is 4.79 Å². The molecule has 144 valence electrons. The fraction of sp³-hybridized carbons (Fsp3) is 0.182. The summed E-state index contributed by atoms with van der Waals surface area (Å²) in [4.78, 5) is 16.2. The number of fused-ring (bicyclic) bond motifs is 1. The molecule has 0 bridgehead atoms. The van der Waals surface area contributed by atoms with E-state index in [-0.39, 0.29) is 0 Å². The molecule has 0 aliphatic heterocycles. The van der Waals surface area contributed by atoms with Crippen LogP contribution >= 0.6 is 0 Å². The van der Waals surface area contributed by atoms with Gasteiger partial charge in [-0.05, 0) is 54.8 Å². The number of aryl methyl sites for hydroxylation is 1. The first-order valence-corrected chi connectivity index (χ1v) is 8.79. The van der Waals surface area contributed by atoms with Gasteiger partial charge in [-0.3, -0.25) is 15.0 Å². The molecule has 0 fully saturated rings. The van der Waals surface area contributed by atoms with E-state index in [1.54, 1.807) is 17.6 Å². The van der Waals surface area contributed by atoms with Crippen molar-refractivity contribution in [2.24, 2.45) is 0 Å². The van der Waals surface area contributed by atoms with Crippen LogP contribution in [0.1, 0.15) is 23.7 Å². The Hall–Kier alpha value is -3.38. The zero-order valence-electron chi connectivity index (χ0n) is 16.0. The van der Waals surface area contributed by atoms with Crippen LogP contribution in [0, 0.1) is 6.92 Å². The highest BCUT2D eigenvalue weighted by Crippen LogP contribution is 2.35. The Morgan fingerprint density at radius 2 is 1.93 bits per heavy atom. The fourth-order valence-electron chi connectivity index (χ4n) is 3.00. The predicted molar refractivity (Wildman–Crippen MR) is 108 cm³/mol. The number of carbonyl (C=O) groups excluding carboxylic acids is 1. The molecular weight excluding hydrogens is 356 g/mol. The molecule has 0 aliphatic rings. The van der Waals surface area contributed by atoms with E-state index in [1.165, 1.54) is 14.0 Å². The van der Waals surface area contributed by atoms with Gasteiger partial charge < -0.3 is 9.47 Å². The highest BCUT2D eigenvalue weighted by atomic mass is 16.5. The lowest BCUT2D eigenvalue weighted by atomic mass is 9.95. The molecule has 0 radical (unpaired) electrons. The number of nitrogens with zero attached hydrogens (tertiary/aromatic N) is 1. The normalized spacial score (nSPS) is 11.7. The molecule has 28 heavy (non-hydrogen) atoms. The lowest BCUT2D eigenvalue weighted by Gasteiger charge is -2.17. The van der Waals surface area contributed by atoms with Crippen molar-refractivity contribution in [3.63, 3.8) is 0 Å². The summed E-state index contributed by atoms with van der Waals surface area (Å²) < 4.78 is 11.0. The van der Waals surface area contributed by atoms with Crippen LogP contribution in [0.5, 0.6) is 11.5 Å². The first-order chi connectivity index (χ1) is 13.4. The minimum absolute atomic E-state index is 0.382. The van der Waals surface area contributed by atoms with E-state index in [0.29, 0.717) is 11.5 Å². The molecule has 3 rings (SSSR count). The Balaban J connectivity index is 2.03. The van der Waals surface area contributed by atoms with Gasteiger partial charge in [0.15, 0.2) is 17.6 Å². The lowest BCUT2D eigenvalue weighted by Crippen LogP contribution is -2.34. The van der Waals surface area contributed by atoms with Crippen LogP contribution in [0.2, 0.25) is 0 Å². The van der Waals surface area contributed by atoms with Gasteiger partial charge in [0.2, 0.25) is 0 Å². The third kappa shape index (κ3) is 3.82. The maximum Gasteiger partial charge on any atom is 0.284 e. The number of hydrogen-bond acceptors (Lipinski definition) is 5. The predicted octanol–water partition coefficient (Wildman–Crippen LogP) is 3.89. The average Bonchev–Trinajstić information content (AvgIpc) is 2.71. The Kier molecular flexibility index (Phi) is 5.61. The molecular formula is C22H22N2O4. The molecule has 0 saturated carbocycles. The number of methoxy groups -OCH3 is 1. The van der Waals surface area contributed by atoms with Gasteiger partial charge in [-0.1, -0.05) is 30.8 Å². The minimum atomic E-state index is -0.897. The molecule has 0 aliphatic carbocycles. The van der Waals surface area contributed by atoms with E-state index in [2.05, 4.69) is 11.6 Å². The van der Waals surface area contributed by atoms with E-state index >= 15 is 0 Å². The number of nitrogens with one attached hydrogen (secondary N) is 1. The van der Waals surface area contributed by atoms with Gasteiger partial charge in [0.1, 0.15) is 0 Å². The summed E-state index contributed by atoms with van der Waals surface area (Å²) in [5, 5.41) is 9.80. The maximum absolute atomic E-state index is 11.6. The topological polar surface area (TPSA) is 80.7 Å². The summed E-state index contributed by atoms with van der Waals surface area (Å²) in [5.74, 6) is 0.208. The largest absolute Gasteiger partial charge is 0.493 e. The van der Waals surface area contributed by atoms with Gasteiger partial charge in [-0.2, -0.15) is 0 Å². The first kappa shape index (κ1) is 19.4. The quantitative estimate of drug-likeness (QED) is 0.502. The van der Waals surface area contributed by atoms with Crippen molar-refractivity contribution in [2.45, 2.75) is 20.0 Å². The number of benzene rings is 2. The highest BCUT2D eigenvalue weighted by molar-refractivity contribution is 5.95. The third-order valence-corrected chi connectivity index (χ3v) is 4.46. The van der Waals surface area contributed by atoms with Crippen LogP contribution in [0.4, 0.5) is 0 Å². The molecule has 1 amide bonds. The molecule has 2 N–H and O–H groups in total. The smallest absolute Gasteiger partial charge is 0.284 e. The summed E-state index contributed by atoms with van der Waals surface area (Å²) in [6.45, 7) is 7.75. The van der Waals surface area contributed by atoms with E-state index in [4.69, 9.17) is 14.7 Å². The summed E-state index contributed by atoms with van der Waals surface area (Å²) in [6, 6.07) is 15.3. The zero-order chi connectivity index (χ0) is 20.3. The second-order valence-electron chi connectivity index (χ2n) is 6.41. The summed E-state index contributed by atoms with van der Waals surface area (Å²) in [5.41, 5.74) is 5.97. The van der Waals surface area contributed by atoms with Crippen molar-refractivity contribution in [3.8, 4) is 11.5 Å². The van der Waals surface area contributed by atoms with Crippen molar-refractivity contribution < 1.29 is 19.5 Å². The highest BCUT2D eigenvalue weighted by Gasteiger charge is 2.18. The standard InChI is InChI=1S/C22H22N2O4/c1-13-11-18(17-7-5-6-8-19(17)23-13)14(2)16-9-10-20(27-4)21(12-16)28-15(3)22(25)24-26/h5-12,15,26H,2H2,1,3-4H3,(H,24,25). The Bertz CT molecular complexity index is 1050. The number of ether oxygens (including phenoxy) is 2. The number of pyridine rings is 1. The molecule has 0 saturated heterocycles. The van der Waals surface area contributed by atoms with Crippen molar-refractivity contribution in [1.29, 1.82) is 0 Å². The van der Waals surface area contributed by atoms with Crippen LogP contribution in [0.15, 0.2) is 55.1 Å². The monoisotopic (exact) mass is 378 g/mol. The summed E-state index contributed by atoms with van der Waals surface area (Å²) >= 11 is 0. The van der Waals surface area contributed by atoms with Crippen LogP contribution in [0.25, 0.3) is 16.5 Å². The number of carbonyl (C=O) groups is 1. The van der Waals surface area contributed by atoms with Gasteiger partial charge in [-0.15, -0.1) is 0 Å². The van der Waals surface area contributed by atoms with E-state index in [1.807, 2.05) is 43.3 Å². The third-order valence-electron chi connectivity index (χ3n) is 4.46. The van der Waals surface area contributed by atoms with Gasteiger partial charge in [0.05, 0.1) is 12.6 Å². The molecule has 1 atom stereocenters. The number of hydrogen-bond donors (Lipinski definition) is 2. The number of aromatic nitrogens is 1. The molecule has 1 aromatic heterocycles. The van der Waals surface area contributed by atoms with Crippen molar-refractivity contribution in [3.05, 3.63) is 71.9 Å². The second-order valence-corrected chi connectivity index (χ2v) is 6.41. The Labute approximate surface area is 163 Å². The average molecular weight is 378 g/mol. The Morgan fingerprint density at radius 1 is 1.18 bits per heavy atom. The number of para-hydroxylation sites is 1. The second kappa shape index (κ2) is 8.10. The van der Waals surface area contributed by atoms with Crippen molar-refractivity contribution in [1.82, 2.24) is 10.5 Å². The number of amides is 1. The minimum Gasteiger partial charge on any atom is -0.493 e. The maximum atomic E-state index is 11.6. The van der Waals surface area contributed by atoms with E-state index in [0.717, 1.165) is 33.3 Å². The van der Waals surface area contributed by atoms with Crippen LogP contribution in [-0.4, -0.2) is 29.3 Å². The van der Waals surface area contributed by atoms with Gasteiger partial charge >= 0.3 is 0 Å². The lowest BCUT2D eigenvalue weighted by molar-refractivity contribution is -0.135. The fourth-order valence-corrected chi connectivity index (χ4v) is 3.00. The van der Waals surface area contributed by atoms with Crippen LogP contribution in [0.3, 0.4) is 0 Å². The molecule has 1 unspecified atom stereocenters. The number of hydroxylamine groups is 1. The summed E-state index contributed by atoms with van der Waals surface area (Å²) in [6.07, 6.45) is -0.897. The van der Waals surface area contributed by atoms with Gasteiger partial charge in [-0.25, -0.2) is 5.48 Å². The van der Waals surface area contributed by atoms with E-state index < -0.39 is 12.0 Å². The molecule has 6 nitrogen and oxygen atoms in total. The first-order valence-electron chi connectivity index (χ1n) is 8.79. The summed E-state index contributed by atoms with van der Waals surface area (Å²) in [7, 11) is 1.52. The van der Waals surface area contributed by atoms with Gasteiger partial charge in [0, 0.05) is 11.1 Å². The number of rotatable bonds is 6. The van der Waals surface area contributed by atoms with Crippen molar-refractivity contribution >= 4 is 22.4 Å². The Morgan fingerprint density at radius 3 is 2.64 bits per heavy atom. The van der Waals surface area contributed by atoms with Gasteiger partial charge in [0.25, 0.3) is 5.91 Å². The van der Waals surface area contributed by atoms with Crippen LogP contribution in [-0.2, 0) is 4.79 Å². The zero-order valence-corrected chi connectivity index (χ0v) is 16.0. The SMILES string of the molecule is C=C(c1ccc(OC)c(OC(C)C(=O)NO)c1)c1cc(C)nc2ccccc12.